The van der Waals surface area contributed by atoms with Gasteiger partial charge in [-0.25, -0.2) is 9.78 Å². The SMILES string of the molecule is CC(OC(=O)C=NO)c1csc(N)n1. The number of carbonyl (C=O) groups is 1. The van der Waals surface area contributed by atoms with E-state index in [-0.39, 0.29) is 0 Å². The van der Waals surface area contributed by atoms with Crippen molar-refractivity contribution in [2.24, 2.45) is 5.16 Å². The van der Waals surface area contributed by atoms with Crippen LogP contribution in [0, 0.1) is 0 Å². The number of ether oxygens (including phenoxy) is 1. The van der Waals surface area contributed by atoms with E-state index in [0.29, 0.717) is 17.0 Å². The lowest BCUT2D eigenvalue weighted by Crippen LogP contribution is -2.10. The van der Waals surface area contributed by atoms with Gasteiger partial charge in [-0.3, -0.25) is 0 Å². The second-order valence-corrected chi connectivity index (χ2v) is 3.32. The second kappa shape index (κ2) is 4.56. The molecule has 6 nitrogen and oxygen atoms in total. The van der Waals surface area contributed by atoms with Gasteiger partial charge in [0.25, 0.3) is 0 Å². The number of hydrogen-bond acceptors (Lipinski definition) is 7. The van der Waals surface area contributed by atoms with Crippen LogP contribution in [0.4, 0.5) is 5.13 Å². The fourth-order valence-electron chi connectivity index (χ4n) is 0.800. The highest BCUT2D eigenvalue weighted by Crippen LogP contribution is 2.20. The summed E-state index contributed by atoms with van der Waals surface area (Å²) in [5.41, 5.74) is 5.98. The third-order valence-corrected chi connectivity index (χ3v) is 2.10. The van der Waals surface area contributed by atoms with E-state index in [1.165, 1.54) is 11.3 Å². The van der Waals surface area contributed by atoms with Gasteiger partial charge in [-0.05, 0) is 6.92 Å². The lowest BCUT2D eigenvalue weighted by atomic mass is 10.3. The van der Waals surface area contributed by atoms with Crippen molar-refractivity contribution in [3.8, 4) is 0 Å². The number of rotatable bonds is 3. The van der Waals surface area contributed by atoms with Crippen molar-refractivity contribution in [2.45, 2.75) is 13.0 Å². The number of nitrogen functional groups attached to an aromatic ring is 1. The van der Waals surface area contributed by atoms with Crippen molar-refractivity contribution >= 4 is 28.7 Å². The molecule has 0 radical (unpaired) electrons. The number of esters is 1. The van der Waals surface area contributed by atoms with Crippen molar-refractivity contribution in [3.05, 3.63) is 11.1 Å². The van der Waals surface area contributed by atoms with Crippen LogP contribution in [0.15, 0.2) is 10.5 Å². The third-order valence-electron chi connectivity index (χ3n) is 1.41. The fraction of sp³-hybridized carbons (Fsp3) is 0.286. The summed E-state index contributed by atoms with van der Waals surface area (Å²) >= 11 is 1.27. The first-order valence-electron chi connectivity index (χ1n) is 3.72. The van der Waals surface area contributed by atoms with Gasteiger partial charge in [0.2, 0.25) is 0 Å². The molecule has 3 N–H and O–H groups in total. The molecular formula is C7H9N3O3S. The van der Waals surface area contributed by atoms with E-state index in [1.54, 1.807) is 12.3 Å². The molecule has 0 aliphatic heterocycles. The zero-order valence-electron chi connectivity index (χ0n) is 7.38. The summed E-state index contributed by atoms with van der Waals surface area (Å²) in [7, 11) is 0. The fourth-order valence-corrected chi connectivity index (χ4v) is 1.44. The molecule has 0 bridgehead atoms. The van der Waals surface area contributed by atoms with E-state index in [2.05, 4.69) is 10.1 Å². The Morgan fingerprint density at radius 3 is 3.14 bits per heavy atom. The molecule has 0 aromatic carbocycles. The van der Waals surface area contributed by atoms with Crippen LogP contribution >= 0.6 is 11.3 Å². The lowest BCUT2D eigenvalue weighted by molar-refractivity contribution is -0.139. The molecule has 0 aliphatic carbocycles. The Balaban J connectivity index is 2.58. The van der Waals surface area contributed by atoms with Crippen LogP contribution in [-0.2, 0) is 9.53 Å². The first-order valence-corrected chi connectivity index (χ1v) is 4.60. The molecule has 1 atom stereocenters. The molecule has 1 unspecified atom stereocenters. The Hall–Kier alpha value is -1.63. The number of hydrogen-bond donors (Lipinski definition) is 2. The molecule has 1 rings (SSSR count). The second-order valence-electron chi connectivity index (χ2n) is 2.43. The molecule has 0 amide bonds. The zero-order chi connectivity index (χ0) is 10.6. The van der Waals surface area contributed by atoms with Gasteiger partial charge < -0.3 is 15.7 Å². The Morgan fingerprint density at radius 1 is 1.93 bits per heavy atom. The minimum atomic E-state index is -0.730. The molecule has 0 aliphatic rings. The van der Waals surface area contributed by atoms with Crippen molar-refractivity contribution in [1.82, 2.24) is 4.98 Å². The maximum atomic E-state index is 10.8. The van der Waals surface area contributed by atoms with Crippen LogP contribution in [0.3, 0.4) is 0 Å². The highest BCUT2D eigenvalue weighted by atomic mass is 32.1. The number of aromatic nitrogens is 1. The van der Waals surface area contributed by atoms with E-state index in [9.17, 15) is 4.79 Å². The van der Waals surface area contributed by atoms with Crippen molar-refractivity contribution in [3.63, 3.8) is 0 Å². The molecule has 0 spiro atoms. The zero-order valence-corrected chi connectivity index (χ0v) is 8.19. The van der Waals surface area contributed by atoms with Gasteiger partial charge in [-0.15, -0.1) is 11.3 Å². The molecule has 1 heterocycles. The normalized spacial score (nSPS) is 12.9. The van der Waals surface area contributed by atoms with Crippen LogP contribution in [-0.4, -0.2) is 22.4 Å². The predicted molar refractivity (Wildman–Crippen MR) is 51.3 cm³/mol. The van der Waals surface area contributed by atoms with Crippen LogP contribution in [0.25, 0.3) is 0 Å². The summed E-state index contributed by atoms with van der Waals surface area (Å²) in [6.07, 6.45) is 0.167. The van der Waals surface area contributed by atoms with Crippen molar-refractivity contribution in [2.75, 3.05) is 5.73 Å². The molecule has 0 saturated carbocycles. The summed E-state index contributed by atoms with van der Waals surface area (Å²) < 4.78 is 4.83. The highest BCUT2D eigenvalue weighted by Gasteiger charge is 2.12. The number of nitrogens with two attached hydrogens (primary N) is 1. The number of thiazole rings is 1. The summed E-state index contributed by atoms with van der Waals surface area (Å²) in [6.45, 7) is 1.65. The van der Waals surface area contributed by atoms with E-state index < -0.39 is 12.1 Å². The van der Waals surface area contributed by atoms with Crippen LogP contribution in [0.1, 0.15) is 18.7 Å². The molecule has 1 aromatic rings. The molecule has 0 saturated heterocycles. The number of nitrogens with zero attached hydrogens (tertiary/aromatic N) is 2. The maximum absolute atomic E-state index is 10.8. The standard InChI is InChI=1S/C7H9N3O3S/c1-4(13-6(11)2-9-12)5-3-14-7(8)10-5/h2-4,12H,1H3,(H2,8,10). The van der Waals surface area contributed by atoms with E-state index in [0.717, 1.165) is 0 Å². The topological polar surface area (TPSA) is 97.8 Å². The monoisotopic (exact) mass is 215 g/mol. The first kappa shape index (κ1) is 10.5. The summed E-state index contributed by atoms with van der Waals surface area (Å²) in [4.78, 5) is 14.8. The molecule has 1 aromatic heterocycles. The Bertz CT molecular complexity index is 350. The van der Waals surface area contributed by atoms with Gasteiger partial charge in [0.15, 0.2) is 11.3 Å². The number of oxime groups is 1. The van der Waals surface area contributed by atoms with Gasteiger partial charge in [-0.1, -0.05) is 5.16 Å². The Morgan fingerprint density at radius 2 is 2.64 bits per heavy atom. The largest absolute Gasteiger partial charge is 0.452 e. The van der Waals surface area contributed by atoms with Gasteiger partial charge in [-0.2, -0.15) is 0 Å². The van der Waals surface area contributed by atoms with E-state index in [4.69, 9.17) is 15.7 Å². The summed E-state index contributed by atoms with van der Waals surface area (Å²) in [5, 5.41) is 12.7. The minimum absolute atomic E-state index is 0.415. The highest BCUT2D eigenvalue weighted by molar-refractivity contribution is 7.13. The average molecular weight is 215 g/mol. The van der Waals surface area contributed by atoms with E-state index >= 15 is 0 Å². The smallest absolute Gasteiger partial charge is 0.353 e. The lowest BCUT2D eigenvalue weighted by Gasteiger charge is -2.07. The van der Waals surface area contributed by atoms with Crippen molar-refractivity contribution in [1.29, 1.82) is 0 Å². The molecule has 14 heavy (non-hydrogen) atoms. The van der Waals surface area contributed by atoms with Gasteiger partial charge in [0.1, 0.15) is 6.10 Å². The Kier molecular flexibility index (Phi) is 3.41. The van der Waals surface area contributed by atoms with Gasteiger partial charge in [0, 0.05) is 5.38 Å². The maximum Gasteiger partial charge on any atom is 0.353 e. The van der Waals surface area contributed by atoms with Crippen LogP contribution < -0.4 is 5.73 Å². The van der Waals surface area contributed by atoms with Crippen molar-refractivity contribution < 1.29 is 14.7 Å². The quantitative estimate of drug-likeness (QED) is 0.336. The Labute approximate surface area is 84.0 Å². The van der Waals surface area contributed by atoms with Gasteiger partial charge >= 0.3 is 5.97 Å². The number of carbonyl (C=O) groups excluding carboxylic acids is 1. The third kappa shape index (κ3) is 2.70. The van der Waals surface area contributed by atoms with Gasteiger partial charge in [0.05, 0.1) is 5.69 Å². The predicted octanol–water partition coefficient (Wildman–Crippen LogP) is 0.790. The van der Waals surface area contributed by atoms with E-state index in [1.807, 2.05) is 0 Å². The molecular weight excluding hydrogens is 206 g/mol. The first-order chi connectivity index (χ1) is 6.63. The molecule has 0 fully saturated rings. The minimum Gasteiger partial charge on any atom is -0.452 e. The number of anilines is 1. The molecule has 76 valence electrons. The summed E-state index contributed by atoms with van der Waals surface area (Å²) in [5.74, 6) is -0.730. The van der Waals surface area contributed by atoms with Crippen LogP contribution in [0.5, 0.6) is 0 Å². The molecule has 7 heteroatoms. The summed E-state index contributed by atoms with van der Waals surface area (Å²) in [6, 6.07) is 0. The average Bonchev–Trinajstić information content (AvgIpc) is 2.52. The van der Waals surface area contributed by atoms with Crippen LogP contribution in [0.2, 0.25) is 0 Å².